The number of amides is 1. The summed E-state index contributed by atoms with van der Waals surface area (Å²) in [6.07, 6.45) is 0. The normalized spacial score (nSPS) is 10.1. The molecule has 3 aromatic rings. The Labute approximate surface area is 165 Å². The fourth-order valence-electron chi connectivity index (χ4n) is 2.28. The van der Waals surface area contributed by atoms with Gasteiger partial charge >= 0.3 is 0 Å². The molecule has 8 heteroatoms. The van der Waals surface area contributed by atoms with Gasteiger partial charge in [0.05, 0.1) is 22.3 Å². The van der Waals surface area contributed by atoms with Gasteiger partial charge in [-0.1, -0.05) is 23.2 Å². The summed E-state index contributed by atoms with van der Waals surface area (Å²) in [6, 6.07) is 15.2. The molecule has 0 saturated heterocycles. The van der Waals surface area contributed by atoms with Gasteiger partial charge in [-0.15, -0.1) is 0 Å². The Kier molecular flexibility index (Phi) is 5.55. The van der Waals surface area contributed by atoms with Crippen LogP contribution in [0.25, 0.3) is 0 Å². The summed E-state index contributed by atoms with van der Waals surface area (Å²) in [7, 11) is 0. The number of aryl methyl sites for hydroxylation is 1. The second-order valence-electron chi connectivity index (χ2n) is 5.61. The first-order valence-electron chi connectivity index (χ1n) is 7.84. The molecule has 0 aliphatic rings. The monoisotopic (exact) mass is 397 g/mol. The van der Waals surface area contributed by atoms with Gasteiger partial charge in [-0.2, -0.15) is 5.26 Å². The van der Waals surface area contributed by atoms with Crippen LogP contribution in [0, 0.1) is 18.3 Å². The van der Waals surface area contributed by atoms with E-state index in [0.29, 0.717) is 32.7 Å². The fourth-order valence-corrected chi connectivity index (χ4v) is 2.73. The van der Waals surface area contributed by atoms with Gasteiger partial charge in [0.1, 0.15) is 5.69 Å². The first-order valence-corrected chi connectivity index (χ1v) is 8.59. The van der Waals surface area contributed by atoms with E-state index in [1.165, 1.54) is 0 Å². The molecule has 2 N–H and O–H groups in total. The highest BCUT2D eigenvalue weighted by Crippen LogP contribution is 2.26. The maximum absolute atomic E-state index is 12.5. The molecule has 0 spiro atoms. The average Bonchev–Trinajstić information content (AvgIpc) is 2.64. The Morgan fingerprint density at radius 1 is 1.07 bits per heavy atom. The van der Waals surface area contributed by atoms with Crippen molar-refractivity contribution in [1.82, 2.24) is 9.97 Å². The summed E-state index contributed by atoms with van der Waals surface area (Å²) in [5.74, 6) is -0.153. The first-order chi connectivity index (χ1) is 12.9. The van der Waals surface area contributed by atoms with Crippen LogP contribution in [0.4, 0.5) is 17.3 Å². The molecule has 0 aliphatic heterocycles. The summed E-state index contributed by atoms with van der Waals surface area (Å²) < 4.78 is 0. The number of aromatic nitrogens is 2. The maximum Gasteiger partial charge on any atom is 0.274 e. The zero-order valence-electron chi connectivity index (χ0n) is 14.1. The topological polar surface area (TPSA) is 90.7 Å². The molecular weight excluding hydrogens is 385 g/mol. The predicted octanol–water partition coefficient (Wildman–Crippen LogP) is 4.96. The van der Waals surface area contributed by atoms with Crippen LogP contribution in [0.15, 0.2) is 48.5 Å². The molecule has 27 heavy (non-hydrogen) atoms. The second-order valence-corrected chi connectivity index (χ2v) is 6.45. The van der Waals surface area contributed by atoms with Gasteiger partial charge in [-0.05, 0) is 55.5 Å². The molecule has 134 valence electrons. The van der Waals surface area contributed by atoms with Crippen LogP contribution in [0.2, 0.25) is 10.0 Å². The Hall–Kier alpha value is -3.14. The number of carbonyl (C=O) groups excluding carboxylic acids is 1. The number of nitrogens with one attached hydrogen (secondary N) is 2. The van der Waals surface area contributed by atoms with E-state index in [-0.39, 0.29) is 11.6 Å². The number of nitriles is 1. The van der Waals surface area contributed by atoms with Crippen molar-refractivity contribution in [1.29, 1.82) is 5.26 Å². The van der Waals surface area contributed by atoms with Crippen molar-refractivity contribution in [3.8, 4) is 6.07 Å². The second kappa shape index (κ2) is 8.04. The summed E-state index contributed by atoms with van der Waals surface area (Å²) in [5.41, 5.74) is 2.49. The number of rotatable bonds is 4. The number of nitrogens with zero attached hydrogens (tertiary/aromatic N) is 3. The lowest BCUT2D eigenvalue weighted by atomic mass is 10.2. The van der Waals surface area contributed by atoms with Crippen LogP contribution in [0.1, 0.15) is 21.7 Å². The van der Waals surface area contributed by atoms with Crippen LogP contribution in [-0.2, 0) is 0 Å². The standard InChI is InChI=1S/C19H13Cl2N5O/c1-11-8-17(18(27)25-16-7-4-13(20)9-15(16)21)26-19(23-11)24-14-5-2-12(10-22)3-6-14/h2-9H,1H3,(H,25,27)(H,23,24,26). The van der Waals surface area contributed by atoms with Crippen molar-refractivity contribution in [3.63, 3.8) is 0 Å². The fraction of sp³-hybridized carbons (Fsp3) is 0.0526. The number of anilines is 3. The maximum atomic E-state index is 12.5. The molecular formula is C19H13Cl2N5O. The smallest absolute Gasteiger partial charge is 0.274 e. The molecule has 0 unspecified atom stereocenters. The van der Waals surface area contributed by atoms with E-state index in [0.717, 1.165) is 0 Å². The molecule has 2 aromatic carbocycles. The molecule has 0 radical (unpaired) electrons. The van der Waals surface area contributed by atoms with Gasteiger partial charge in [-0.25, -0.2) is 9.97 Å². The summed E-state index contributed by atoms with van der Waals surface area (Å²) >= 11 is 12.0. The lowest BCUT2D eigenvalue weighted by Gasteiger charge is -2.10. The highest BCUT2D eigenvalue weighted by Gasteiger charge is 2.13. The van der Waals surface area contributed by atoms with E-state index < -0.39 is 5.91 Å². The Bertz CT molecular complexity index is 1040. The molecule has 0 bridgehead atoms. The lowest BCUT2D eigenvalue weighted by molar-refractivity contribution is 0.102. The number of hydrogen-bond acceptors (Lipinski definition) is 5. The molecule has 1 heterocycles. The van der Waals surface area contributed by atoms with E-state index in [4.69, 9.17) is 28.5 Å². The summed E-state index contributed by atoms with van der Waals surface area (Å²) in [4.78, 5) is 21.1. The quantitative estimate of drug-likeness (QED) is 0.648. The van der Waals surface area contributed by atoms with Crippen LogP contribution >= 0.6 is 23.2 Å². The van der Waals surface area contributed by atoms with Gasteiger partial charge in [-0.3, -0.25) is 4.79 Å². The Morgan fingerprint density at radius 3 is 2.48 bits per heavy atom. The summed E-state index contributed by atoms with van der Waals surface area (Å²) in [5, 5.41) is 15.4. The molecule has 0 aliphatic carbocycles. The van der Waals surface area contributed by atoms with Crippen molar-refractivity contribution in [3.05, 3.63) is 75.5 Å². The molecule has 1 aromatic heterocycles. The lowest BCUT2D eigenvalue weighted by Crippen LogP contribution is -2.15. The van der Waals surface area contributed by atoms with E-state index in [1.807, 2.05) is 0 Å². The largest absolute Gasteiger partial charge is 0.324 e. The van der Waals surface area contributed by atoms with Crippen LogP contribution in [-0.4, -0.2) is 15.9 Å². The van der Waals surface area contributed by atoms with Crippen molar-refractivity contribution in [2.24, 2.45) is 0 Å². The van der Waals surface area contributed by atoms with Gasteiger partial charge in [0.25, 0.3) is 5.91 Å². The number of carbonyl (C=O) groups is 1. The third-order valence-corrected chi connectivity index (χ3v) is 4.08. The van der Waals surface area contributed by atoms with E-state index in [1.54, 1.807) is 55.5 Å². The van der Waals surface area contributed by atoms with Crippen molar-refractivity contribution in [2.45, 2.75) is 6.92 Å². The molecule has 0 saturated carbocycles. The minimum absolute atomic E-state index is 0.185. The Morgan fingerprint density at radius 2 is 1.81 bits per heavy atom. The van der Waals surface area contributed by atoms with Crippen LogP contribution in [0.5, 0.6) is 0 Å². The van der Waals surface area contributed by atoms with E-state index in [9.17, 15) is 4.79 Å². The zero-order valence-corrected chi connectivity index (χ0v) is 15.6. The van der Waals surface area contributed by atoms with Crippen molar-refractivity contribution in [2.75, 3.05) is 10.6 Å². The van der Waals surface area contributed by atoms with E-state index in [2.05, 4.69) is 26.7 Å². The minimum atomic E-state index is -0.424. The van der Waals surface area contributed by atoms with E-state index >= 15 is 0 Å². The SMILES string of the molecule is Cc1cc(C(=O)Nc2ccc(Cl)cc2Cl)nc(Nc2ccc(C#N)cc2)n1. The van der Waals surface area contributed by atoms with Crippen LogP contribution in [0.3, 0.4) is 0 Å². The number of benzene rings is 2. The van der Waals surface area contributed by atoms with Crippen LogP contribution < -0.4 is 10.6 Å². The third-order valence-electron chi connectivity index (χ3n) is 3.54. The number of halogens is 2. The Balaban J connectivity index is 1.81. The molecule has 1 amide bonds. The van der Waals surface area contributed by atoms with Gasteiger partial charge in [0.15, 0.2) is 0 Å². The first kappa shape index (κ1) is 18.6. The van der Waals surface area contributed by atoms with Gasteiger partial charge in [0, 0.05) is 16.4 Å². The molecule has 0 atom stereocenters. The number of hydrogen-bond donors (Lipinski definition) is 2. The highest BCUT2D eigenvalue weighted by atomic mass is 35.5. The molecule has 6 nitrogen and oxygen atoms in total. The van der Waals surface area contributed by atoms with Gasteiger partial charge in [0.2, 0.25) is 5.95 Å². The summed E-state index contributed by atoms with van der Waals surface area (Å²) in [6.45, 7) is 1.76. The highest BCUT2D eigenvalue weighted by molar-refractivity contribution is 6.36. The van der Waals surface area contributed by atoms with Gasteiger partial charge < -0.3 is 10.6 Å². The van der Waals surface area contributed by atoms with Crippen molar-refractivity contribution >= 4 is 46.4 Å². The molecule has 0 fully saturated rings. The zero-order chi connectivity index (χ0) is 19.4. The van der Waals surface area contributed by atoms with Crippen molar-refractivity contribution < 1.29 is 4.79 Å². The third kappa shape index (κ3) is 4.73. The minimum Gasteiger partial charge on any atom is -0.324 e. The average molecular weight is 398 g/mol. The molecule has 3 rings (SSSR count). The predicted molar refractivity (Wildman–Crippen MR) is 106 cm³/mol.